The first-order valence-electron chi connectivity index (χ1n) is 7.47. The molecule has 1 aliphatic heterocycles. The summed E-state index contributed by atoms with van der Waals surface area (Å²) in [5.41, 5.74) is 2.71. The highest BCUT2D eigenvalue weighted by Gasteiger charge is 2.29. The molecule has 3 rings (SSSR count). The van der Waals surface area contributed by atoms with Gasteiger partial charge >= 0.3 is 5.97 Å². The second-order valence-corrected chi connectivity index (χ2v) is 5.47. The van der Waals surface area contributed by atoms with E-state index in [4.69, 9.17) is 9.47 Å². The highest BCUT2D eigenvalue weighted by molar-refractivity contribution is 5.76. The van der Waals surface area contributed by atoms with Crippen LogP contribution < -0.4 is 10.1 Å². The van der Waals surface area contributed by atoms with Crippen molar-refractivity contribution in [2.24, 2.45) is 0 Å². The van der Waals surface area contributed by atoms with Crippen LogP contribution in [0.2, 0.25) is 0 Å². The third kappa shape index (κ3) is 2.66. The number of carbonyl (C=O) groups is 1. The molecular formula is C16H21NO3. The molecule has 2 aliphatic rings. The molecule has 1 aliphatic carbocycles. The summed E-state index contributed by atoms with van der Waals surface area (Å²) in [5.74, 6) is 0.539. The van der Waals surface area contributed by atoms with Crippen LogP contribution in [0.5, 0.6) is 5.75 Å². The molecule has 0 bridgehead atoms. The minimum atomic E-state index is -0.427. The number of hydrogen-bond acceptors (Lipinski definition) is 4. The summed E-state index contributed by atoms with van der Waals surface area (Å²) in [6.45, 7) is 3.70. The Kier molecular flexibility index (Phi) is 3.92. The molecule has 1 fully saturated rings. The van der Waals surface area contributed by atoms with Gasteiger partial charge in [-0.15, -0.1) is 0 Å². The first kappa shape index (κ1) is 13.4. The normalized spacial score (nSPS) is 24.6. The fourth-order valence-corrected chi connectivity index (χ4v) is 2.95. The molecule has 0 aromatic heterocycles. The zero-order valence-corrected chi connectivity index (χ0v) is 11.9. The predicted molar refractivity (Wildman–Crippen MR) is 75.8 cm³/mol. The number of fused-ring (bicyclic) bond motifs is 1. The number of ether oxygens (including phenoxy) is 2. The summed E-state index contributed by atoms with van der Waals surface area (Å²) in [4.78, 5) is 11.4. The molecule has 0 radical (unpaired) electrons. The Morgan fingerprint density at radius 3 is 3.05 bits per heavy atom. The topological polar surface area (TPSA) is 47.6 Å². The molecule has 1 heterocycles. The third-order valence-electron chi connectivity index (χ3n) is 4.00. The molecule has 2 unspecified atom stereocenters. The van der Waals surface area contributed by atoms with Crippen LogP contribution in [0.1, 0.15) is 43.4 Å². The average Bonchev–Trinajstić information content (AvgIpc) is 3.03. The number of rotatable bonds is 5. The van der Waals surface area contributed by atoms with Gasteiger partial charge in [0.2, 0.25) is 0 Å². The minimum Gasteiger partial charge on any atom is -0.479 e. The van der Waals surface area contributed by atoms with Gasteiger partial charge in [0.15, 0.2) is 6.10 Å². The number of cyclic esters (lactones) is 1. The zero-order chi connectivity index (χ0) is 13.9. The Labute approximate surface area is 119 Å². The summed E-state index contributed by atoms with van der Waals surface area (Å²) in [6, 6.07) is 6.64. The lowest BCUT2D eigenvalue weighted by Crippen LogP contribution is -2.22. The highest BCUT2D eigenvalue weighted by atomic mass is 16.6. The van der Waals surface area contributed by atoms with Gasteiger partial charge in [0.1, 0.15) is 5.75 Å². The smallest absolute Gasteiger partial charge is 0.347 e. The second-order valence-electron chi connectivity index (χ2n) is 5.47. The number of benzene rings is 1. The highest BCUT2D eigenvalue weighted by Crippen LogP contribution is 2.34. The summed E-state index contributed by atoms with van der Waals surface area (Å²) >= 11 is 0. The summed E-state index contributed by atoms with van der Waals surface area (Å²) < 4.78 is 10.7. The van der Waals surface area contributed by atoms with Gasteiger partial charge in [0.25, 0.3) is 0 Å². The van der Waals surface area contributed by atoms with Gasteiger partial charge in [-0.25, -0.2) is 4.79 Å². The van der Waals surface area contributed by atoms with E-state index < -0.39 is 6.10 Å². The van der Waals surface area contributed by atoms with Gasteiger partial charge in [-0.2, -0.15) is 0 Å². The molecule has 0 saturated carbocycles. The molecule has 1 N–H and O–H groups in total. The van der Waals surface area contributed by atoms with E-state index in [1.807, 2.05) is 6.07 Å². The maximum Gasteiger partial charge on any atom is 0.347 e. The van der Waals surface area contributed by atoms with Crippen LogP contribution in [-0.4, -0.2) is 25.2 Å². The monoisotopic (exact) mass is 275 g/mol. The number of hydrogen-bond donors (Lipinski definition) is 1. The van der Waals surface area contributed by atoms with Crippen LogP contribution in [0.15, 0.2) is 18.2 Å². The number of esters is 1. The lowest BCUT2D eigenvalue weighted by molar-refractivity contribution is -0.143. The maximum atomic E-state index is 11.4. The van der Waals surface area contributed by atoms with Gasteiger partial charge in [0, 0.05) is 12.5 Å². The molecule has 4 heteroatoms. The van der Waals surface area contributed by atoms with E-state index in [2.05, 4.69) is 24.4 Å². The first-order chi connectivity index (χ1) is 9.78. The van der Waals surface area contributed by atoms with Crippen molar-refractivity contribution in [3.63, 3.8) is 0 Å². The zero-order valence-electron chi connectivity index (χ0n) is 11.9. The van der Waals surface area contributed by atoms with E-state index in [0.29, 0.717) is 19.1 Å². The van der Waals surface area contributed by atoms with Crippen molar-refractivity contribution in [1.82, 2.24) is 5.32 Å². The SMILES string of the molecule is CCCNC1CCc2cc(OC3CCOC3=O)ccc21. The van der Waals surface area contributed by atoms with E-state index >= 15 is 0 Å². The van der Waals surface area contributed by atoms with Crippen LogP contribution in [0, 0.1) is 0 Å². The van der Waals surface area contributed by atoms with Crippen molar-refractivity contribution >= 4 is 5.97 Å². The van der Waals surface area contributed by atoms with Crippen molar-refractivity contribution in [2.75, 3.05) is 13.2 Å². The fourth-order valence-electron chi connectivity index (χ4n) is 2.95. The lowest BCUT2D eigenvalue weighted by Gasteiger charge is -2.15. The van der Waals surface area contributed by atoms with Crippen molar-refractivity contribution in [3.05, 3.63) is 29.3 Å². The average molecular weight is 275 g/mol. The van der Waals surface area contributed by atoms with Crippen LogP contribution in [-0.2, 0) is 16.0 Å². The Morgan fingerprint density at radius 1 is 1.40 bits per heavy atom. The quantitative estimate of drug-likeness (QED) is 0.838. The Hall–Kier alpha value is -1.55. The Morgan fingerprint density at radius 2 is 2.30 bits per heavy atom. The first-order valence-corrected chi connectivity index (χ1v) is 7.47. The van der Waals surface area contributed by atoms with Crippen molar-refractivity contribution in [2.45, 2.75) is 44.8 Å². The predicted octanol–water partition coefficient (Wildman–Crippen LogP) is 2.37. The van der Waals surface area contributed by atoms with Gasteiger partial charge in [-0.3, -0.25) is 0 Å². The third-order valence-corrected chi connectivity index (χ3v) is 4.00. The summed E-state index contributed by atoms with van der Waals surface area (Å²) in [6.07, 6.45) is 3.59. The molecule has 1 aromatic rings. The van der Waals surface area contributed by atoms with Crippen molar-refractivity contribution in [1.29, 1.82) is 0 Å². The molecule has 20 heavy (non-hydrogen) atoms. The molecule has 2 atom stereocenters. The van der Waals surface area contributed by atoms with Gasteiger partial charge in [-0.05, 0) is 49.1 Å². The molecule has 0 amide bonds. The van der Waals surface area contributed by atoms with E-state index in [0.717, 1.165) is 31.6 Å². The maximum absolute atomic E-state index is 11.4. The van der Waals surface area contributed by atoms with Gasteiger partial charge in [-0.1, -0.05) is 13.0 Å². The van der Waals surface area contributed by atoms with Crippen LogP contribution in [0.4, 0.5) is 0 Å². The van der Waals surface area contributed by atoms with Crippen molar-refractivity contribution in [3.8, 4) is 5.75 Å². The molecule has 1 aromatic carbocycles. The molecule has 0 spiro atoms. The largest absolute Gasteiger partial charge is 0.479 e. The standard InChI is InChI=1S/C16H21NO3/c1-2-8-17-14-6-3-11-10-12(4-5-13(11)14)20-15-7-9-19-16(15)18/h4-5,10,14-15,17H,2-3,6-9H2,1H3. The van der Waals surface area contributed by atoms with E-state index in [1.54, 1.807) is 0 Å². The van der Waals surface area contributed by atoms with E-state index in [1.165, 1.54) is 11.1 Å². The van der Waals surface area contributed by atoms with Crippen molar-refractivity contribution < 1.29 is 14.3 Å². The molecule has 4 nitrogen and oxygen atoms in total. The minimum absolute atomic E-state index is 0.243. The number of carbonyl (C=O) groups excluding carboxylic acids is 1. The van der Waals surface area contributed by atoms with Gasteiger partial charge < -0.3 is 14.8 Å². The Bertz CT molecular complexity index is 500. The van der Waals surface area contributed by atoms with Crippen LogP contribution in [0.3, 0.4) is 0 Å². The van der Waals surface area contributed by atoms with E-state index in [9.17, 15) is 4.79 Å². The number of nitrogens with one attached hydrogen (secondary N) is 1. The molecule has 108 valence electrons. The van der Waals surface area contributed by atoms with Crippen LogP contribution in [0.25, 0.3) is 0 Å². The molecule has 1 saturated heterocycles. The number of aryl methyl sites for hydroxylation is 1. The van der Waals surface area contributed by atoms with Gasteiger partial charge in [0.05, 0.1) is 6.61 Å². The second kappa shape index (κ2) is 5.83. The summed E-state index contributed by atoms with van der Waals surface area (Å²) in [7, 11) is 0. The van der Waals surface area contributed by atoms with E-state index in [-0.39, 0.29) is 5.97 Å². The fraction of sp³-hybridized carbons (Fsp3) is 0.562. The lowest BCUT2D eigenvalue weighted by atomic mass is 10.1. The Balaban J connectivity index is 1.69. The summed E-state index contributed by atoms with van der Waals surface area (Å²) in [5, 5.41) is 3.57. The van der Waals surface area contributed by atoms with Crippen LogP contribution >= 0.6 is 0 Å². The molecular weight excluding hydrogens is 254 g/mol.